The molecule has 0 radical (unpaired) electrons. The second kappa shape index (κ2) is 52.1. The average Bonchev–Trinajstić information content (AvgIpc) is 3.40. The molecule has 0 bridgehead atoms. The fourth-order valence-electron chi connectivity index (χ4n) is 10.4. The number of allylic oxidation sites excluding steroid dienone is 1. The van der Waals surface area contributed by atoms with Gasteiger partial charge in [-0.2, -0.15) is 0 Å². The molecule has 74 heavy (non-hydrogen) atoms. The number of ether oxygens (including phenoxy) is 3. The maximum atomic E-state index is 13.4. The molecule has 1 heterocycles. The number of hydrogen-bond donors (Lipinski definition) is 6. The topological polar surface area (TPSA) is 175 Å². The molecule has 1 fully saturated rings. The number of carbonyl (C=O) groups excluding carboxylic acids is 2. The summed E-state index contributed by atoms with van der Waals surface area (Å²) in [6.07, 6.45) is 48.2. The first kappa shape index (κ1) is 70.4. The highest BCUT2D eigenvalue weighted by Gasteiger charge is 2.47. The van der Waals surface area contributed by atoms with Crippen molar-refractivity contribution in [2.75, 3.05) is 13.2 Å². The van der Waals surface area contributed by atoms with Gasteiger partial charge in [0.25, 0.3) is 0 Å². The minimum atomic E-state index is -1.61. The molecule has 0 aromatic carbocycles. The molecule has 0 saturated carbocycles. The van der Waals surface area contributed by atoms with E-state index in [-0.39, 0.29) is 13.0 Å². The van der Waals surface area contributed by atoms with Crippen molar-refractivity contribution in [2.45, 2.75) is 365 Å². The Morgan fingerprint density at radius 3 is 1.27 bits per heavy atom. The summed E-state index contributed by atoms with van der Waals surface area (Å²) in [5, 5.41) is 57.0. The summed E-state index contributed by atoms with van der Waals surface area (Å²) in [6.45, 7) is 5.83. The molecule has 438 valence electrons. The van der Waals surface area contributed by atoms with Crippen LogP contribution in [-0.2, 0) is 23.8 Å². The maximum Gasteiger partial charge on any atom is 0.306 e. The first-order valence-electron chi connectivity index (χ1n) is 32.0. The first-order chi connectivity index (χ1) is 36.2. The summed E-state index contributed by atoms with van der Waals surface area (Å²) in [6, 6.07) is -1.02. The Balaban J connectivity index is 2.64. The Morgan fingerprint density at radius 2 is 0.878 bits per heavy atom. The summed E-state index contributed by atoms with van der Waals surface area (Å²) in [5.41, 5.74) is 0. The lowest BCUT2D eigenvalue weighted by atomic mass is 9.99. The molecule has 1 saturated heterocycles. The van der Waals surface area contributed by atoms with Crippen molar-refractivity contribution in [3.63, 3.8) is 0 Å². The smallest absolute Gasteiger partial charge is 0.306 e. The fraction of sp³-hybridized carbons (Fsp3) is 0.937. The second-order valence-corrected chi connectivity index (χ2v) is 22.5. The first-order valence-corrected chi connectivity index (χ1v) is 32.0. The molecule has 0 spiro atoms. The van der Waals surface area contributed by atoms with Gasteiger partial charge in [0.1, 0.15) is 24.4 Å². The highest BCUT2D eigenvalue weighted by molar-refractivity contribution is 5.80. The van der Waals surface area contributed by atoms with Crippen LogP contribution in [0.25, 0.3) is 0 Å². The molecule has 1 aliphatic heterocycles. The monoisotopic (exact) mass is 1050 g/mol. The van der Waals surface area contributed by atoms with E-state index >= 15 is 0 Å². The van der Waals surface area contributed by atoms with E-state index in [9.17, 15) is 35.1 Å². The van der Waals surface area contributed by atoms with Crippen LogP contribution in [0.4, 0.5) is 0 Å². The number of carbonyl (C=O) groups is 2. The van der Waals surface area contributed by atoms with Crippen LogP contribution in [0.15, 0.2) is 12.2 Å². The van der Waals surface area contributed by atoms with E-state index in [0.717, 1.165) is 57.8 Å². The normalized spacial score (nSPS) is 19.3. The number of aliphatic hydroxyl groups excluding tert-OH is 5. The van der Waals surface area contributed by atoms with Gasteiger partial charge in [0.2, 0.25) is 5.91 Å². The molecule has 0 aromatic heterocycles. The van der Waals surface area contributed by atoms with Crippen LogP contribution in [0.5, 0.6) is 0 Å². The standard InChI is InChI=1S/C63H121NO10/c1-4-7-10-13-16-19-22-25-27-28-29-30-31-33-36-39-42-45-48-51-58(68)74-61-60(70)59(69)57(52-65)73-63(61)72-53-54(55(66)49-46-43-40-37-34-24-21-18-15-12-9-6-3)64-62(71)56(67)50-47-44-41-38-35-32-26-23-20-17-14-11-8-5-2/h46,49,54-57,59-61,63,65-67,69-70H,4-45,47-48,50-53H2,1-3H3,(H,64,71)/b49-46+. The number of hydrogen-bond acceptors (Lipinski definition) is 10. The number of nitrogens with one attached hydrogen (secondary N) is 1. The van der Waals surface area contributed by atoms with Crippen LogP contribution < -0.4 is 5.32 Å². The number of rotatable bonds is 55. The van der Waals surface area contributed by atoms with Crippen LogP contribution in [-0.4, -0.2) is 99.6 Å². The third-order valence-electron chi connectivity index (χ3n) is 15.4. The van der Waals surface area contributed by atoms with Crippen LogP contribution in [0.2, 0.25) is 0 Å². The highest BCUT2D eigenvalue weighted by Crippen LogP contribution is 2.26. The zero-order valence-electron chi connectivity index (χ0n) is 48.5. The second-order valence-electron chi connectivity index (χ2n) is 22.5. The summed E-state index contributed by atoms with van der Waals surface area (Å²) in [7, 11) is 0. The van der Waals surface area contributed by atoms with Crippen LogP contribution >= 0.6 is 0 Å². The van der Waals surface area contributed by atoms with Crippen molar-refractivity contribution in [1.82, 2.24) is 5.32 Å². The van der Waals surface area contributed by atoms with Crippen LogP contribution in [0.1, 0.15) is 316 Å². The fourth-order valence-corrected chi connectivity index (χ4v) is 10.4. The molecule has 0 aliphatic carbocycles. The predicted molar refractivity (Wildman–Crippen MR) is 306 cm³/mol. The Labute approximate surface area is 455 Å². The van der Waals surface area contributed by atoms with Gasteiger partial charge in [-0.25, -0.2) is 0 Å². The van der Waals surface area contributed by atoms with E-state index in [1.54, 1.807) is 6.08 Å². The average molecular weight is 1050 g/mol. The van der Waals surface area contributed by atoms with Crippen molar-refractivity contribution in [2.24, 2.45) is 0 Å². The minimum Gasteiger partial charge on any atom is -0.454 e. The van der Waals surface area contributed by atoms with E-state index in [0.29, 0.717) is 19.3 Å². The lowest BCUT2D eigenvalue weighted by Gasteiger charge is -2.41. The zero-order valence-corrected chi connectivity index (χ0v) is 48.5. The molecule has 6 N–H and O–H groups in total. The molecule has 1 rings (SSSR count). The van der Waals surface area contributed by atoms with Gasteiger partial charge >= 0.3 is 5.97 Å². The SMILES string of the molecule is CCCCCCCCCCCC/C=C/C(O)C(COC1OC(CO)C(O)C(O)C1OC(=O)CCCCCCCCCCCCCCCCCCCCC)NC(=O)C(O)CCCCCCCCCCCCCCCC. The molecule has 0 aromatic rings. The molecule has 1 amide bonds. The molecule has 8 atom stereocenters. The van der Waals surface area contributed by atoms with Gasteiger partial charge in [-0.15, -0.1) is 0 Å². The maximum absolute atomic E-state index is 13.4. The Morgan fingerprint density at radius 1 is 0.514 bits per heavy atom. The molecular formula is C63H121NO10. The highest BCUT2D eigenvalue weighted by atomic mass is 16.7. The number of amides is 1. The molecule has 8 unspecified atom stereocenters. The predicted octanol–water partition coefficient (Wildman–Crippen LogP) is 15.1. The number of esters is 1. The summed E-state index contributed by atoms with van der Waals surface area (Å²) in [5.74, 6) is -1.18. The number of aliphatic hydroxyl groups is 5. The van der Waals surface area contributed by atoms with Gasteiger partial charge in [-0.05, 0) is 25.7 Å². The van der Waals surface area contributed by atoms with Gasteiger partial charge in [-0.1, -0.05) is 296 Å². The van der Waals surface area contributed by atoms with E-state index < -0.39 is 67.4 Å². The van der Waals surface area contributed by atoms with Gasteiger partial charge < -0.3 is 45.1 Å². The lowest BCUT2D eigenvalue weighted by molar-refractivity contribution is -0.305. The Kier molecular flexibility index (Phi) is 49.6. The molecule has 1 aliphatic rings. The zero-order chi connectivity index (χ0) is 54.0. The Hall–Kier alpha value is -1.60. The third kappa shape index (κ3) is 39.7. The van der Waals surface area contributed by atoms with Crippen LogP contribution in [0.3, 0.4) is 0 Å². The van der Waals surface area contributed by atoms with Crippen LogP contribution in [0, 0.1) is 0 Å². The minimum absolute atomic E-state index is 0.132. The summed E-state index contributed by atoms with van der Waals surface area (Å²) in [4.78, 5) is 26.5. The van der Waals surface area contributed by atoms with Gasteiger partial charge in [0, 0.05) is 6.42 Å². The van der Waals surface area contributed by atoms with Crippen molar-refractivity contribution >= 4 is 11.9 Å². The van der Waals surface area contributed by atoms with Crippen molar-refractivity contribution < 1.29 is 49.3 Å². The number of unbranched alkanes of at least 4 members (excludes halogenated alkanes) is 41. The molecule has 11 nitrogen and oxygen atoms in total. The molecular weight excluding hydrogens is 931 g/mol. The van der Waals surface area contributed by atoms with E-state index in [4.69, 9.17) is 14.2 Å². The third-order valence-corrected chi connectivity index (χ3v) is 15.4. The van der Waals surface area contributed by atoms with Gasteiger partial charge in [0.15, 0.2) is 12.4 Å². The Bertz CT molecular complexity index is 1250. The lowest BCUT2D eigenvalue weighted by Crippen LogP contribution is -2.61. The van der Waals surface area contributed by atoms with Gasteiger partial charge in [-0.3, -0.25) is 9.59 Å². The quantitative estimate of drug-likeness (QED) is 0.0195. The van der Waals surface area contributed by atoms with Crippen molar-refractivity contribution in [3.8, 4) is 0 Å². The largest absolute Gasteiger partial charge is 0.454 e. The summed E-state index contributed by atoms with van der Waals surface area (Å²) < 4.78 is 17.6. The van der Waals surface area contributed by atoms with Gasteiger partial charge in [0.05, 0.1) is 25.4 Å². The van der Waals surface area contributed by atoms with E-state index in [2.05, 4.69) is 26.1 Å². The molecule has 11 heteroatoms. The van der Waals surface area contributed by atoms with Crippen molar-refractivity contribution in [3.05, 3.63) is 12.2 Å². The van der Waals surface area contributed by atoms with Crippen molar-refractivity contribution in [1.29, 1.82) is 0 Å². The van der Waals surface area contributed by atoms with E-state index in [1.165, 1.54) is 212 Å². The summed E-state index contributed by atoms with van der Waals surface area (Å²) >= 11 is 0. The van der Waals surface area contributed by atoms with E-state index in [1.807, 2.05) is 6.08 Å².